The summed E-state index contributed by atoms with van der Waals surface area (Å²) in [5.74, 6) is -0.634. The molecule has 0 saturated carbocycles. The number of carbonyl (C=O) groups is 3. The fraction of sp³-hybridized carbons (Fsp3) is 0.438. The number of imide groups is 1. The van der Waals surface area contributed by atoms with E-state index in [9.17, 15) is 14.4 Å². The minimum atomic E-state index is -1.15. The van der Waals surface area contributed by atoms with Crippen molar-refractivity contribution in [3.63, 3.8) is 0 Å². The first-order chi connectivity index (χ1) is 11.8. The molecule has 0 spiro atoms. The highest BCUT2D eigenvalue weighted by atomic mass is 79.9. The van der Waals surface area contributed by atoms with Gasteiger partial charge in [-0.2, -0.15) is 0 Å². The molecule has 0 aliphatic heterocycles. The number of rotatable bonds is 7. The van der Waals surface area contributed by atoms with Crippen molar-refractivity contribution in [2.24, 2.45) is 0 Å². The summed E-state index contributed by atoms with van der Waals surface area (Å²) < 4.78 is 16.4. The fourth-order valence-electron chi connectivity index (χ4n) is 1.74. The molecule has 0 fully saturated rings. The second kappa shape index (κ2) is 9.87. The standard InChI is InChI=1S/C16H21BrN2O6/c1-5-6-24-13-11(17)7-10(8-12(13)23-4)15(21)25-9(2)14(20)19-16(22)18-3/h7-9H,5-6H2,1-4H3,(H2,18,19,20,22)/t9-/m1/s1. The van der Waals surface area contributed by atoms with Gasteiger partial charge < -0.3 is 19.5 Å². The first kappa shape index (κ1) is 20.8. The highest BCUT2D eigenvalue weighted by Crippen LogP contribution is 2.37. The van der Waals surface area contributed by atoms with Gasteiger partial charge >= 0.3 is 12.0 Å². The van der Waals surface area contributed by atoms with Crippen LogP contribution in [0.25, 0.3) is 0 Å². The summed E-state index contributed by atoms with van der Waals surface area (Å²) in [4.78, 5) is 35.1. The minimum Gasteiger partial charge on any atom is -0.493 e. The summed E-state index contributed by atoms with van der Waals surface area (Å²) in [6.45, 7) is 3.83. The summed E-state index contributed by atoms with van der Waals surface area (Å²) in [6.07, 6.45) is -0.331. The molecule has 0 radical (unpaired) electrons. The molecule has 1 aromatic carbocycles. The molecule has 138 valence electrons. The molecule has 0 aromatic heterocycles. The van der Waals surface area contributed by atoms with Gasteiger partial charge in [-0.15, -0.1) is 0 Å². The van der Waals surface area contributed by atoms with Gasteiger partial charge in [-0.3, -0.25) is 10.1 Å². The Bertz CT molecular complexity index is 650. The van der Waals surface area contributed by atoms with E-state index in [0.717, 1.165) is 6.42 Å². The number of methoxy groups -OCH3 is 1. The molecule has 1 atom stereocenters. The van der Waals surface area contributed by atoms with Crippen LogP contribution in [0.15, 0.2) is 16.6 Å². The van der Waals surface area contributed by atoms with Crippen LogP contribution in [0, 0.1) is 0 Å². The maximum Gasteiger partial charge on any atom is 0.339 e. The summed E-state index contributed by atoms with van der Waals surface area (Å²) >= 11 is 3.33. The predicted octanol–water partition coefficient (Wildman–Crippen LogP) is 2.25. The average molecular weight is 417 g/mol. The first-order valence-electron chi connectivity index (χ1n) is 7.57. The van der Waals surface area contributed by atoms with Crippen molar-refractivity contribution >= 4 is 33.8 Å². The summed E-state index contributed by atoms with van der Waals surface area (Å²) in [7, 11) is 2.82. The maximum absolute atomic E-state index is 12.2. The number of urea groups is 1. The second-order valence-corrected chi connectivity index (χ2v) is 5.81. The molecular weight excluding hydrogens is 396 g/mol. The quantitative estimate of drug-likeness (QED) is 0.660. The maximum atomic E-state index is 12.2. The van der Waals surface area contributed by atoms with Crippen LogP contribution in [-0.4, -0.2) is 44.8 Å². The van der Waals surface area contributed by atoms with Gasteiger partial charge in [0.2, 0.25) is 0 Å². The van der Waals surface area contributed by atoms with Crippen molar-refractivity contribution in [1.29, 1.82) is 0 Å². The van der Waals surface area contributed by atoms with Gasteiger partial charge in [0.05, 0.1) is 23.8 Å². The number of esters is 1. The largest absolute Gasteiger partial charge is 0.493 e. The van der Waals surface area contributed by atoms with Crippen molar-refractivity contribution in [3.05, 3.63) is 22.2 Å². The van der Waals surface area contributed by atoms with Gasteiger partial charge in [0.15, 0.2) is 17.6 Å². The van der Waals surface area contributed by atoms with Crippen LogP contribution in [0.4, 0.5) is 4.79 Å². The lowest BCUT2D eigenvalue weighted by atomic mass is 10.2. The zero-order valence-corrected chi connectivity index (χ0v) is 16.1. The summed E-state index contributed by atoms with van der Waals surface area (Å²) in [5, 5.41) is 4.27. The molecule has 0 aliphatic rings. The Hall–Kier alpha value is -2.29. The zero-order valence-electron chi connectivity index (χ0n) is 14.5. The van der Waals surface area contributed by atoms with Crippen LogP contribution in [0.3, 0.4) is 0 Å². The summed E-state index contributed by atoms with van der Waals surface area (Å²) in [5.41, 5.74) is 0.173. The molecular formula is C16H21BrN2O6. The number of nitrogens with one attached hydrogen (secondary N) is 2. The molecule has 0 bridgehead atoms. The van der Waals surface area contributed by atoms with Crippen molar-refractivity contribution in [3.8, 4) is 11.5 Å². The van der Waals surface area contributed by atoms with E-state index in [-0.39, 0.29) is 5.56 Å². The highest BCUT2D eigenvalue weighted by Gasteiger charge is 2.22. The number of amides is 3. The molecule has 25 heavy (non-hydrogen) atoms. The normalized spacial score (nSPS) is 11.2. The topological polar surface area (TPSA) is 103 Å². The van der Waals surface area contributed by atoms with Crippen molar-refractivity contribution in [1.82, 2.24) is 10.6 Å². The molecule has 3 amide bonds. The van der Waals surface area contributed by atoms with E-state index >= 15 is 0 Å². The Kier molecular flexibility index (Phi) is 8.20. The first-order valence-corrected chi connectivity index (χ1v) is 8.37. The summed E-state index contributed by atoms with van der Waals surface area (Å²) in [6, 6.07) is 2.29. The molecule has 9 heteroatoms. The van der Waals surface area contributed by atoms with Gasteiger partial charge in [-0.05, 0) is 41.4 Å². The van der Waals surface area contributed by atoms with E-state index in [1.54, 1.807) is 0 Å². The van der Waals surface area contributed by atoms with Gasteiger partial charge in [0.25, 0.3) is 5.91 Å². The predicted molar refractivity (Wildman–Crippen MR) is 94.0 cm³/mol. The lowest BCUT2D eigenvalue weighted by Gasteiger charge is -2.15. The Morgan fingerprint density at radius 1 is 1.28 bits per heavy atom. The average Bonchev–Trinajstić information content (AvgIpc) is 2.59. The Morgan fingerprint density at radius 2 is 1.96 bits per heavy atom. The number of hydrogen-bond acceptors (Lipinski definition) is 6. The van der Waals surface area contributed by atoms with E-state index in [1.165, 1.54) is 33.2 Å². The van der Waals surface area contributed by atoms with Gasteiger partial charge in [0, 0.05) is 7.05 Å². The van der Waals surface area contributed by atoms with Crippen LogP contribution >= 0.6 is 15.9 Å². The molecule has 0 unspecified atom stereocenters. The van der Waals surface area contributed by atoms with Crippen LogP contribution in [0.5, 0.6) is 11.5 Å². The number of benzene rings is 1. The van der Waals surface area contributed by atoms with Crippen molar-refractivity contribution < 1.29 is 28.6 Å². The monoisotopic (exact) mass is 416 g/mol. The van der Waals surface area contributed by atoms with E-state index in [0.29, 0.717) is 22.6 Å². The van der Waals surface area contributed by atoms with Crippen molar-refractivity contribution in [2.75, 3.05) is 20.8 Å². The molecule has 2 N–H and O–H groups in total. The smallest absolute Gasteiger partial charge is 0.339 e. The number of carbonyl (C=O) groups excluding carboxylic acids is 3. The van der Waals surface area contributed by atoms with E-state index in [2.05, 4.69) is 21.2 Å². The minimum absolute atomic E-state index is 0.173. The van der Waals surface area contributed by atoms with Crippen LogP contribution in [-0.2, 0) is 9.53 Å². The molecule has 0 aliphatic carbocycles. The van der Waals surface area contributed by atoms with Gasteiger partial charge in [-0.25, -0.2) is 9.59 Å². The lowest BCUT2D eigenvalue weighted by molar-refractivity contribution is -0.127. The number of ether oxygens (including phenoxy) is 3. The van der Waals surface area contributed by atoms with E-state index in [1.807, 2.05) is 12.2 Å². The van der Waals surface area contributed by atoms with E-state index in [4.69, 9.17) is 14.2 Å². The molecule has 0 heterocycles. The van der Waals surface area contributed by atoms with Crippen LogP contribution < -0.4 is 20.1 Å². The van der Waals surface area contributed by atoms with Crippen LogP contribution in [0.1, 0.15) is 30.6 Å². The second-order valence-electron chi connectivity index (χ2n) is 4.95. The highest BCUT2D eigenvalue weighted by molar-refractivity contribution is 9.10. The third kappa shape index (κ3) is 5.93. The molecule has 1 rings (SSSR count). The Morgan fingerprint density at radius 3 is 2.52 bits per heavy atom. The Labute approximate surface area is 154 Å². The SMILES string of the molecule is CCCOc1c(Br)cc(C(=O)O[C@H](C)C(=O)NC(=O)NC)cc1OC. The third-order valence-corrected chi connectivity index (χ3v) is 3.62. The number of halogens is 1. The van der Waals surface area contributed by atoms with E-state index < -0.39 is 24.0 Å². The molecule has 0 saturated heterocycles. The van der Waals surface area contributed by atoms with Gasteiger partial charge in [0.1, 0.15) is 0 Å². The third-order valence-electron chi connectivity index (χ3n) is 3.03. The molecule has 8 nitrogen and oxygen atoms in total. The Balaban J connectivity index is 2.89. The molecule has 1 aromatic rings. The zero-order chi connectivity index (χ0) is 19.0. The van der Waals surface area contributed by atoms with Crippen molar-refractivity contribution in [2.45, 2.75) is 26.4 Å². The fourth-order valence-corrected chi connectivity index (χ4v) is 2.30. The van der Waals surface area contributed by atoms with Gasteiger partial charge in [-0.1, -0.05) is 6.92 Å². The number of hydrogen-bond donors (Lipinski definition) is 2. The van der Waals surface area contributed by atoms with Crippen LogP contribution in [0.2, 0.25) is 0 Å². The lowest BCUT2D eigenvalue weighted by Crippen LogP contribution is -2.43.